The van der Waals surface area contributed by atoms with Gasteiger partial charge < -0.3 is 14.2 Å². The number of hydrogen-bond acceptors (Lipinski definition) is 6. The minimum absolute atomic E-state index is 0.278. The van der Waals surface area contributed by atoms with Crippen LogP contribution in [0.25, 0.3) is 0 Å². The highest BCUT2D eigenvalue weighted by molar-refractivity contribution is 5.92. The predicted molar refractivity (Wildman–Crippen MR) is 140 cm³/mol. The SMILES string of the molecule is C=CCCCCCCCCC(=O)Oc1ccc(C(=O)Oc2ccc(C(=O)OCC(C)CC)cc2)cc1. The van der Waals surface area contributed by atoms with Crippen LogP contribution in [0.2, 0.25) is 0 Å². The molecule has 6 heteroatoms. The van der Waals surface area contributed by atoms with E-state index in [1.165, 1.54) is 19.3 Å². The van der Waals surface area contributed by atoms with E-state index in [0.717, 1.165) is 32.1 Å². The monoisotopic (exact) mass is 494 g/mol. The smallest absolute Gasteiger partial charge is 0.343 e. The van der Waals surface area contributed by atoms with Gasteiger partial charge in [-0.15, -0.1) is 6.58 Å². The van der Waals surface area contributed by atoms with Crippen LogP contribution in [0.5, 0.6) is 11.5 Å². The Kier molecular flexibility index (Phi) is 13.0. The third-order valence-corrected chi connectivity index (χ3v) is 5.86. The zero-order chi connectivity index (χ0) is 26.2. The summed E-state index contributed by atoms with van der Waals surface area (Å²) in [6.07, 6.45) is 10.8. The van der Waals surface area contributed by atoms with Gasteiger partial charge in [0.2, 0.25) is 0 Å². The molecule has 0 radical (unpaired) electrons. The van der Waals surface area contributed by atoms with Crippen molar-refractivity contribution in [3.63, 3.8) is 0 Å². The lowest BCUT2D eigenvalue weighted by atomic mass is 10.1. The molecular formula is C30H38O6. The van der Waals surface area contributed by atoms with Gasteiger partial charge in [-0.25, -0.2) is 9.59 Å². The lowest BCUT2D eigenvalue weighted by molar-refractivity contribution is -0.134. The molecule has 0 aliphatic heterocycles. The van der Waals surface area contributed by atoms with Crippen LogP contribution in [-0.2, 0) is 9.53 Å². The molecule has 36 heavy (non-hydrogen) atoms. The quantitative estimate of drug-likeness (QED) is 0.105. The topological polar surface area (TPSA) is 78.9 Å². The number of benzene rings is 2. The fourth-order valence-electron chi connectivity index (χ4n) is 3.35. The first-order valence-electron chi connectivity index (χ1n) is 12.8. The number of carbonyl (C=O) groups excluding carboxylic acids is 3. The first kappa shape index (κ1) is 28.8. The summed E-state index contributed by atoms with van der Waals surface area (Å²) >= 11 is 0. The molecule has 0 heterocycles. The Balaban J connectivity index is 1.73. The summed E-state index contributed by atoms with van der Waals surface area (Å²) in [5, 5.41) is 0. The molecule has 0 saturated heterocycles. The van der Waals surface area contributed by atoms with E-state index in [1.54, 1.807) is 48.5 Å². The van der Waals surface area contributed by atoms with Crippen LogP contribution in [0.3, 0.4) is 0 Å². The molecule has 0 aliphatic rings. The maximum atomic E-state index is 12.4. The number of unbranched alkanes of at least 4 members (excludes halogenated alkanes) is 6. The van der Waals surface area contributed by atoms with Crippen molar-refractivity contribution in [1.82, 2.24) is 0 Å². The third-order valence-electron chi connectivity index (χ3n) is 5.86. The molecule has 0 spiro atoms. The van der Waals surface area contributed by atoms with Crippen molar-refractivity contribution in [2.75, 3.05) is 6.61 Å². The number of ether oxygens (including phenoxy) is 3. The number of hydrogen-bond donors (Lipinski definition) is 0. The van der Waals surface area contributed by atoms with Crippen molar-refractivity contribution in [3.8, 4) is 11.5 Å². The third kappa shape index (κ3) is 10.9. The highest BCUT2D eigenvalue weighted by Crippen LogP contribution is 2.18. The summed E-state index contributed by atoms with van der Waals surface area (Å²) in [6.45, 7) is 8.15. The second-order valence-electron chi connectivity index (χ2n) is 8.97. The number of allylic oxidation sites excluding steroid dienone is 1. The van der Waals surface area contributed by atoms with Gasteiger partial charge in [-0.2, -0.15) is 0 Å². The van der Waals surface area contributed by atoms with Gasteiger partial charge in [-0.05, 0) is 73.7 Å². The van der Waals surface area contributed by atoms with E-state index < -0.39 is 11.9 Å². The molecule has 1 unspecified atom stereocenters. The summed E-state index contributed by atoms with van der Waals surface area (Å²) in [7, 11) is 0. The number of esters is 3. The summed E-state index contributed by atoms with van der Waals surface area (Å²) < 4.78 is 16.0. The first-order chi connectivity index (χ1) is 17.4. The van der Waals surface area contributed by atoms with Crippen molar-refractivity contribution < 1.29 is 28.6 Å². The molecule has 6 nitrogen and oxygen atoms in total. The van der Waals surface area contributed by atoms with Crippen LogP contribution >= 0.6 is 0 Å². The molecule has 1 atom stereocenters. The second kappa shape index (κ2) is 16.3. The van der Waals surface area contributed by atoms with E-state index >= 15 is 0 Å². The Morgan fingerprint density at radius 2 is 1.31 bits per heavy atom. The lowest BCUT2D eigenvalue weighted by Crippen LogP contribution is -2.12. The number of rotatable bonds is 16. The van der Waals surface area contributed by atoms with E-state index in [2.05, 4.69) is 6.58 Å². The Labute approximate surface area is 214 Å². The Morgan fingerprint density at radius 1 is 0.778 bits per heavy atom. The first-order valence-corrected chi connectivity index (χ1v) is 12.8. The fraction of sp³-hybridized carbons (Fsp3) is 0.433. The van der Waals surface area contributed by atoms with Gasteiger partial charge in [0.25, 0.3) is 0 Å². The summed E-state index contributed by atoms with van der Waals surface area (Å²) in [5.74, 6) is -0.224. The normalized spacial score (nSPS) is 11.4. The largest absolute Gasteiger partial charge is 0.462 e. The van der Waals surface area contributed by atoms with Crippen LogP contribution in [-0.4, -0.2) is 24.5 Å². The minimum atomic E-state index is -0.548. The maximum absolute atomic E-state index is 12.4. The van der Waals surface area contributed by atoms with Crippen molar-refractivity contribution in [2.24, 2.45) is 5.92 Å². The maximum Gasteiger partial charge on any atom is 0.343 e. The molecule has 0 aliphatic carbocycles. The highest BCUT2D eigenvalue weighted by atomic mass is 16.5. The second-order valence-corrected chi connectivity index (χ2v) is 8.97. The Bertz CT molecular complexity index is 962. The molecule has 0 aromatic heterocycles. The summed E-state index contributed by atoms with van der Waals surface area (Å²) in [4.78, 5) is 36.6. The van der Waals surface area contributed by atoms with Gasteiger partial charge in [-0.3, -0.25) is 4.79 Å². The molecule has 0 bridgehead atoms. The van der Waals surface area contributed by atoms with Crippen LogP contribution in [0.1, 0.15) is 92.4 Å². The molecule has 194 valence electrons. The average Bonchev–Trinajstić information content (AvgIpc) is 2.89. The standard InChI is InChI=1S/C30H38O6/c1-4-6-7-8-9-10-11-12-13-28(31)35-26-18-16-25(17-19-26)30(33)36-27-20-14-24(15-21-27)29(32)34-22-23(3)5-2/h4,14-21,23H,1,5-13,22H2,2-3H3. The van der Waals surface area contributed by atoms with Crippen LogP contribution in [0.15, 0.2) is 61.2 Å². The van der Waals surface area contributed by atoms with E-state index in [4.69, 9.17) is 14.2 Å². The Hall–Kier alpha value is -3.41. The van der Waals surface area contributed by atoms with Crippen LogP contribution in [0.4, 0.5) is 0 Å². The van der Waals surface area contributed by atoms with E-state index in [1.807, 2.05) is 19.9 Å². The Morgan fingerprint density at radius 3 is 1.89 bits per heavy atom. The van der Waals surface area contributed by atoms with Gasteiger partial charge in [0.15, 0.2) is 0 Å². The van der Waals surface area contributed by atoms with E-state index in [-0.39, 0.29) is 5.97 Å². The molecule has 0 saturated carbocycles. The number of carbonyl (C=O) groups is 3. The molecule has 0 amide bonds. The van der Waals surface area contributed by atoms with E-state index in [0.29, 0.717) is 41.6 Å². The predicted octanol–water partition coefficient (Wildman–Crippen LogP) is 7.32. The van der Waals surface area contributed by atoms with Crippen molar-refractivity contribution >= 4 is 17.9 Å². The lowest BCUT2D eigenvalue weighted by Gasteiger charge is -2.10. The van der Waals surface area contributed by atoms with Crippen LogP contribution < -0.4 is 9.47 Å². The van der Waals surface area contributed by atoms with Gasteiger partial charge in [-0.1, -0.05) is 52.0 Å². The summed E-state index contributed by atoms with van der Waals surface area (Å²) in [5.41, 5.74) is 0.719. The minimum Gasteiger partial charge on any atom is -0.462 e. The van der Waals surface area contributed by atoms with E-state index in [9.17, 15) is 14.4 Å². The molecule has 0 N–H and O–H groups in total. The zero-order valence-electron chi connectivity index (χ0n) is 21.5. The van der Waals surface area contributed by atoms with Crippen molar-refractivity contribution in [3.05, 3.63) is 72.3 Å². The highest BCUT2D eigenvalue weighted by Gasteiger charge is 2.13. The molecule has 2 aromatic carbocycles. The fourth-order valence-corrected chi connectivity index (χ4v) is 3.35. The van der Waals surface area contributed by atoms with Gasteiger partial charge >= 0.3 is 17.9 Å². The molecule has 0 fully saturated rings. The van der Waals surface area contributed by atoms with Crippen molar-refractivity contribution in [1.29, 1.82) is 0 Å². The van der Waals surface area contributed by atoms with Crippen molar-refractivity contribution in [2.45, 2.75) is 71.6 Å². The molecule has 2 rings (SSSR count). The van der Waals surface area contributed by atoms with Crippen LogP contribution in [0, 0.1) is 5.92 Å². The van der Waals surface area contributed by atoms with Gasteiger partial charge in [0.1, 0.15) is 11.5 Å². The summed E-state index contributed by atoms with van der Waals surface area (Å²) in [6, 6.07) is 12.5. The molecule has 2 aromatic rings. The molecular weight excluding hydrogens is 456 g/mol. The van der Waals surface area contributed by atoms with Gasteiger partial charge in [0.05, 0.1) is 17.7 Å². The average molecular weight is 495 g/mol. The zero-order valence-corrected chi connectivity index (χ0v) is 21.5. The van der Waals surface area contributed by atoms with Gasteiger partial charge in [0, 0.05) is 6.42 Å².